The molecule has 144 valence electrons. The van der Waals surface area contributed by atoms with E-state index in [-0.39, 0.29) is 5.56 Å². The van der Waals surface area contributed by atoms with Crippen LogP contribution in [-0.4, -0.2) is 31.1 Å². The number of halogens is 1. The third kappa shape index (κ3) is 3.86. The van der Waals surface area contributed by atoms with E-state index < -0.39 is 17.1 Å². The molecule has 0 bridgehead atoms. The summed E-state index contributed by atoms with van der Waals surface area (Å²) in [5.41, 5.74) is -0.576. The van der Waals surface area contributed by atoms with Gasteiger partial charge in [-0.15, -0.1) is 10.2 Å². The van der Waals surface area contributed by atoms with Crippen molar-refractivity contribution in [3.8, 4) is 22.1 Å². The first-order chi connectivity index (χ1) is 14.0. The zero-order valence-corrected chi connectivity index (χ0v) is 16.2. The van der Waals surface area contributed by atoms with E-state index in [9.17, 15) is 14.7 Å². The lowest BCUT2D eigenvalue weighted by atomic mass is 10.2. The highest BCUT2D eigenvalue weighted by Crippen LogP contribution is 2.27. The average Bonchev–Trinajstić information content (AvgIpc) is 3.17. The van der Waals surface area contributed by atoms with E-state index >= 15 is 0 Å². The lowest BCUT2D eigenvalue weighted by Gasteiger charge is -2.09. The fourth-order valence-corrected chi connectivity index (χ4v) is 3.47. The summed E-state index contributed by atoms with van der Waals surface area (Å²) in [4.78, 5) is 30.7. The molecule has 8 nitrogen and oxygen atoms in total. The molecule has 0 saturated carbocycles. The molecule has 0 unspecified atom stereocenters. The van der Waals surface area contributed by atoms with Gasteiger partial charge in [0.15, 0.2) is 0 Å². The molecule has 4 aromatic rings. The zero-order valence-electron chi connectivity index (χ0n) is 14.6. The van der Waals surface area contributed by atoms with Crippen LogP contribution in [-0.2, 0) is 0 Å². The molecule has 0 fully saturated rings. The Labute approximate surface area is 172 Å². The third-order valence-corrected chi connectivity index (χ3v) is 5.04. The Kier molecular flexibility index (Phi) is 5.07. The van der Waals surface area contributed by atoms with Gasteiger partial charge >= 0.3 is 5.69 Å². The quantitative estimate of drug-likeness (QED) is 0.487. The highest BCUT2D eigenvalue weighted by Gasteiger charge is 2.15. The molecule has 4 rings (SSSR count). The molecule has 0 aliphatic heterocycles. The smallest absolute Gasteiger partial charge is 0.335 e. The first kappa shape index (κ1) is 18.8. The predicted octanol–water partition coefficient (Wildman–Crippen LogP) is 3.15. The molecule has 0 saturated heterocycles. The van der Waals surface area contributed by atoms with Crippen molar-refractivity contribution < 1.29 is 5.11 Å². The Morgan fingerprint density at radius 2 is 1.90 bits per heavy atom. The van der Waals surface area contributed by atoms with Crippen LogP contribution in [0.4, 0.5) is 5.13 Å². The van der Waals surface area contributed by atoms with Gasteiger partial charge in [-0.05, 0) is 18.2 Å². The summed E-state index contributed by atoms with van der Waals surface area (Å²) in [5, 5.41) is 19.9. The topological polar surface area (TPSA) is 113 Å². The Balaban J connectivity index is 1.73. The van der Waals surface area contributed by atoms with Crippen molar-refractivity contribution in [1.29, 1.82) is 0 Å². The summed E-state index contributed by atoms with van der Waals surface area (Å²) in [6.07, 6.45) is 1.14. The Bertz CT molecular complexity index is 1330. The van der Waals surface area contributed by atoms with E-state index in [4.69, 9.17) is 11.6 Å². The summed E-state index contributed by atoms with van der Waals surface area (Å²) in [6.45, 7) is 0. The minimum atomic E-state index is -0.797. The maximum Gasteiger partial charge on any atom is 0.335 e. The Hall–Kier alpha value is -3.56. The number of benzene rings is 2. The van der Waals surface area contributed by atoms with Crippen molar-refractivity contribution in [2.24, 2.45) is 4.99 Å². The first-order valence-corrected chi connectivity index (χ1v) is 9.49. The molecule has 0 amide bonds. The van der Waals surface area contributed by atoms with Gasteiger partial charge in [0.1, 0.15) is 10.6 Å². The van der Waals surface area contributed by atoms with Gasteiger partial charge in [-0.25, -0.2) is 14.4 Å². The average molecular weight is 426 g/mol. The van der Waals surface area contributed by atoms with Gasteiger partial charge in [0.05, 0.1) is 5.69 Å². The number of hydrogen-bond donors (Lipinski definition) is 2. The molecular weight excluding hydrogens is 414 g/mol. The molecule has 0 atom stereocenters. The largest absolute Gasteiger partial charge is 0.493 e. The normalized spacial score (nSPS) is 11.2. The number of aromatic hydroxyl groups is 1. The summed E-state index contributed by atoms with van der Waals surface area (Å²) in [5.74, 6) is -0.558. The SMILES string of the molecule is O=c1[nH]c(=O)n(-c2cccc(Cl)c2)c(O)c1C=Nc1nnc(-c2ccccc2)s1. The molecule has 2 heterocycles. The lowest BCUT2D eigenvalue weighted by molar-refractivity contribution is 0.430. The van der Waals surface area contributed by atoms with E-state index in [0.29, 0.717) is 20.8 Å². The number of aliphatic imine (C=N–C) groups is 1. The van der Waals surface area contributed by atoms with Gasteiger partial charge in [-0.1, -0.05) is 59.3 Å². The fourth-order valence-electron chi connectivity index (χ4n) is 2.59. The lowest BCUT2D eigenvalue weighted by Crippen LogP contribution is -2.31. The number of rotatable bonds is 4. The molecule has 2 aromatic carbocycles. The van der Waals surface area contributed by atoms with E-state index in [2.05, 4.69) is 20.2 Å². The summed E-state index contributed by atoms with van der Waals surface area (Å²) in [7, 11) is 0. The standard InChI is InChI=1S/C19H12ClN5O3S/c20-12-7-4-8-13(9-12)25-17(27)14(15(26)22-19(25)28)10-21-18-24-23-16(29-18)11-5-2-1-3-6-11/h1-10,27H,(H,22,26,28). The minimum Gasteiger partial charge on any atom is -0.493 e. The van der Waals surface area contributed by atoms with Gasteiger partial charge in [-0.3, -0.25) is 9.78 Å². The van der Waals surface area contributed by atoms with E-state index in [1.807, 2.05) is 30.3 Å². The van der Waals surface area contributed by atoms with Crippen LogP contribution in [0.2, 0.25) is 5.02 Å². The van der Waals surface area contributed by atoms with E-state index in [1.54, 1.807) is 18.2 Å². The molecule has 0 aliphatic carbocycles. The molecule has 0 radical (unpaired) electrons. The highest BCUT2D eigenvalue weighted by atomic mass is 35.5. The summed E-state index contributed by atoms with van der Waals surface area (Å²) < 4.78 is 0.935. The third-order valence-electron chi connectivity index (χ3n) is 3.93. The van der Waals surface area contributed by atoms with Gasteiger partial charge < -0.3 is 5.11 Å². The predicted molar refractivity (Wildman–Crippen MR) is 112 cm³/mol. The van der Waals surface area contributed by atoms with Gasteiger partial charge in [0, 0.05) is 16.8 Å². The second-order valence-electron chi connectivity index (χ2n) is 5.83. The molecule has 0 aliphatic rings. The Morgan fingerprint density at radius 1 is 1.10 bits per heavy atom. The summed E-state index contributed by atoms with van der Waals surface area (Å²) in [6, 6.07) is 15.8. The fraction of sp³-hybridized carbons (Fsp3) is 0. The first-order valence-electron chi connectivity index (χ1n) is 8.30. The molecule has 29 heavy (non-hydrogen) atoms. The van der Waals surface area contributed by atoms with Crippen molar-refractivity contribution in [1.82, 2.24) is 19.7 Å². The van der Waals surface area contributed by atoms with E-state index in [1.165, 1.54) is 17.4 Å². The van der Waals surface area contributed by atoms with Crippen LogP contribution in [0.3, 0.4) is 0 Å². The number of aromatic amines is 1. The monoisotopic (exact) mass is 425 g/mol. The molecule has 0 spiro atoms. The number of H-pyrrole nitrogens is 1. The molecular formula is C19H12ClN5O3S. The van der Waals surface area contributed by atoms with Crippen LogP contribution in [0.15, 0.2) is 69.2 Å². The second-order valence-corrected chi connectivity index (χ2v) is 7.22. The van der Waals surface area contributed by atoms with Crippen LogP contribution in [0, 0.1) is 0 Å². The molecule has 2 aromatic heterocycles. The zero-order chi connectivity index (χ0) is 20.4. The van der Waals surface area contributed by atoms with Crippen LogP contribution in [0.25, 0.3) is 16.3 Å². The number of hydrogen-bond acceptors (Lipinski definition) is 7. The van der Waals surface area contributed by atoms with E-state index in [0.717, 1.165) is 16.3 Å². The van der Waals surface area contributed by atoms with Crippen molar-refractivity contribution in [2.75, 3.05) is 0 Å². The van der Waals surface area contributed by atoms with Gasteiger partial charge in [0.2, 0.25) is 11.0 Å². The maximum atomic E-state index is 12.2. The van der Waals surface area contributed by atoms with Crippen molar-refractivity contribution >= 4 is 34.3 Å². The second kappa shape index (κ2) is 7.82. The highest BCUT2D eigenvalue weighted by molar-refractivity contribution is 7.18. The Morgan fingerprint density at radius 3 is 2.66 bits per heavy atom. The molecule has 2 N–H and O–H groups in total. The van der Waals surface area contributed by atoms with Crippen molar-refractivity contribution in [3.63, 3.8) is 0 Å². The minimum absolute atomic E-state index is 0.193. The van der Waals surface area contributed by atoms with Crippen molar-refractivity contribution in [3.05, 3.63) is 86.0 Å². The van der Waals surface area contributed by atoms with Crippen LogP contribution < -0.4 is 11.2 Å². The number of nitrogens with one attached hydrogen (secondary N) is 1. The summed E-state index contributed by atoms with van der Waals surface area (Å²) >= 11 is 7.18. The van der Waals surface area contributed by atoms with Crippen LogP contribution in [0.1, 0.15) is 5.56 Å². The number of nitrogens with zero attached hydrogens (tertiary/aromatic N) is 4. The van der Waals surface area contributed by atoms with Gasteiger partial charge in [0.25, 0.3) is 5.56 Å². The van der Waals surface area contributed by atoms with Crippen molar-refractivity contribution in [2.45, 2.75) is 0 Å². The van der Waals surface area contributed by atoms with Gasteiger partial charge in [-0.2, -0.15) is 0 Å². The number of aromatic nitrogens is 4. The maximum absolute atomic E-state index is 12.2. The molecule has 10 heteroatoms. The van der Waals surface area contributed by atoms with Crippen LogP contribution in [0.5, 0.6) is 5.88 Å². The van der Waals surface area contributed by atoms with Crippen LogP contribution >= 0.6 is 22.9 Å².